The molecule has 0 saturated carbocycles. The van der Waals surface area contributed by atoms with Crippen molar-refractivity contribution in [3.05, 3.63) is 64.1 Å². The first kappa shape index (κ1) is 20.0. The van der Waals surface area contributed by atoms with Crippen molar-refractivity contribution >= 4 is 29.0 Å². The van der Waals surface area contributed by atoms with Crippen molar-refractivity contribution in [1.82, 2.24) is 4.90 Å². The van der Waals surface area contributed by atoms with Gasteiger partial charge in [0.15, 0.2) is 11.5 Å². The number of carbonyl (C=O) groups excluding carboxylic acids is 2. The number of rotatable bonds is 7. The quantitative estimate of drug-likeness (QED) is 0.614. The van der Waals surface area contributed by atoms with E-state index >= 15 is 0 Å². The number of carbonyl (C=O) groups is 2. The average Bonchev–Trinajstić information content (AvgIpc) is 2.96. The standard InChI is InChI=1S/C22H23NO4S/c1-4-11-23-21(24)20(28-22(23)25)13-17-9-10-18(19(12-17)26-3)27-14-16-7-5-15(2)6-8-16/h5-10,12-13H,4,11,14H2,1-3H3/b20-13+. The van der Waals surface area contributed by atoms with E-state index < -0.39 is 0 Å². The van der Waals surface area contributed by atoms with Gasteiger partial charge in [-0.05, 0) is 54.4 Å². The van der Waals surface area contributed by atoms with Crippen molar-refractivity contribution in [3.63, 3.8) is 0 Å². The maximum Gasteiger partial charge on any atom is 0.293 e. The molecular weight excluding hydrogens is 374 g/mol. The van der Waals surface area contributed by atoms with Gasteiger partial charge >= 0.3 is 0 Å². The van der Waals surface area contributed by atoms with E-state index in [1.165, 1.54) is 10.5 Å². The number of imide groups is 1. The Morgan fingerprint density at radius 1 is 1.07 bits per heavy atom. The fourth-order valence-electron chi connectivity index (χ4n) is 2.81. The van der Waals surface area contributed by atoms with Crippen LogP contribution in [0.2, 0.25) is 0 Å². The molecule has 0 atom stereocenters. The molecule has 0 bridgehead atoms. The molecule has 28 heavy (non-hydrogen) atoms. The molecule has 0 aromatic heterocycles. The van der Waals surface area contributed by atoms with E-state index in [-0.39, 0.29) is 11.1 Å². The Kier molecular flexibility index (Phi) is 6.41. The van der Waals surface area contributed by atoms with Gasteiger partial charge in [-0.15, -0.1) is 0 Å². The van der Waals surface area contributed by atoms with Crippen LogP contribution in [0.1, 0.15) is 30.0 Å². The number of aryl methyl sites for hydroxylation is 1. The fraction of sp³-hybridized carbons (Fsp3) is 0.273. The summed E-state index contributed by atoms with van der Waals surface area (Å²) in [6.07, 6.45) is 2.46. The normalized spacial score (nSPS) is 15.4. The van der Waals surface area contributed by atoms with Gasteiger partial charge in [0.25, 0.3) is 11.1 Å². The SMILES string of the molecule is CCCN1C(=O)S/C(=C/c2ccc(OCc3ccc(C)cc3)c(OC)c2)C1=O. The molecule has 1 saturated heterocycles. The second-order valence-corrected chi connectivity index (χ2v) is 7.51. The first-order chi connectivity index (χ1) is 13.5. The van der Waals surface area contributed by atoms with Gasteiger partial charge in [0.2, 0.25) is 0 Å². The molecule has 5 nitrogen and oxygen atoms in total. The lowest BCUT2D eigenvalue weighted by Gasteiger charge is -2.12. The third kappa shape index (κ3) is 4.57. The third-order valence-corrected chi connectivity index (χ3v) is 5.23. The number of thioether (sulfide) groups is 1. The van der Waals surface area contributed by atoms with Gasteiger partial charge in [0, 0.05) is 6.54 Å². The molecule has 0 unspecified atom stereocenters. The van der Waals surface area contributed by atoms with Crippen LogP contribution in [0.4, 0.5) is 4.79 Å². The molecule has 146 valence electrons. The Hall–Kier alpha value is -2.73. The van der Waals surface area contributed by atoms with Crippen LogP contribution < -0.4 is 9.47 Å². The Morgan fingerprint density at radius 3 is 2.50 bits per heavy atom. The molecular formula is C22H23NO4S. The number of methoxy groups -OCH3 is 1. The van der Waals surface area contributed by atoms with Crippen LogP contribution in [0.15, 0.2) is 47.4 Å². The molecule has 2 aromatic rings. The van der Waals surface area contributed by atoms with Crippen LogP contribution in [0.3, 0.4) is 0 Å². The van der Waals surface area contributed by atoms with Crippen molar-refractivity contribution < 1.29 is 19.1 Å². The molecule has 6 heteroatoms. The zero-order valence-electron chi connectivity index (χ0n) is 16.2. The highest BCUT2D eigenvalue weighted by molar-refractivity contribution is 8.18. The molecule has 1 fully saturated rings. The highest BCUT2D eigenvalue weighted by Gasteiger charge is 2.34. The number of nitrogens with zero attached hydrogens (tertiary/aromatic N) is 1. The van der Waals surface area contributed by atoms with Crippen LogP contribution >= 0.6 is 11.8 Å². The van der Waals surface area contributed by atoms with Crippen LogP contribution in [0.5, 0.6) is 11.5 Å². The van der Waals surface area contributed by atoms with Gasteiger partial charge in [-0.3, -0.25) is 14.5 Å². The maximum atomic E-state index is 12.4. The minimum absolute atomic E-state index is 0.219. The molecule has 3 rings (SSSR count). The molecule has 0 spiro atoms. The number of hydrogen-bond donors (Lipinski definition) is 0. The lowest BCUT2D eigenvalue weighted by molar-refractivity contribution is -0.122. The van der Waals surface area contributed by atoms with E-state index in [2.05, 4.69) is 0 Å². The van der Waals surface area contributed by atoms with Gasteiger partial charge in [-0.25, -0.2) is 0 Å². The Labute approximate surface area is 169 Å². The topological polar surface area (TPSA) is 55.8 Å². The Balaban J connectivity index is 1.75. The summed E-state index contributed by atoms with van der Waals surface area (Å²) in [6.45, 7) is 4.86. The third-order valence-electron chi connectivity index (χ3n) is 4.32. The van der Waals surface area contributed by atoms with E-state index in [1.54, 1.807) is 19.3 Å². The molecule has 1 aliphatic rings. The lowest BCUT2D eigenvalue weighted by atomic mass is 10.1. The van der Waals surface area contributed by atoms with Gasteiger partial charge < -0.3 is 9.47 Å². The highest BCUT2D eigenvalue weighted by atomic mass is 32.2. The molecule has 1 heterocycles. The zero-order valence-corrected chi connectivity index (χ0v) is 17.0. The van der Waals surface area contributed by atoms with Crippen molar-refractivity contribution in [1.29, 1.82) is 0 Å². The number of amides is 2. The zero-order chi connectivity index (χ0) is 20.1. The predicted octanol–water partition coefficient (Wildman–Crippen LogP) is 5.03. The summed E-state index contributed by atoms with van der Waals surface area (Å²) >= 11 is 0.969. The van der Waals surface area contributed by atoms with Crippen molar-refractivity contribution in [3.8, 4) is 11.5 Å². The first-order valence-electron chi connectivity index (χ1n) is 9.13. The number of hydrogen-bond acceptors (Lipinski definition) is 5. The summed E-state index contributed by atoms with van der Waals surface area (Å²) in [4.78, 5) is 26.1. The van der Waals surface area contributed by atoms with Crippen LogP contribution in [-0.4, -0.2) is 29.7 Å². The summed E-state index contributed by atoms with van der Waals surface area (Å²) < 4.78 is 11.3. The van der Waals surface area contributed by atoms with E-state index in [1.807, 2.05) is 50.2 Å². The maximum absolute atomic E-state index is 12.4. The second kappa shape index (κ2) is 8.97. The minimum atomic E-state index is -0.240. The fourth-order valence-corrected chi connectivity index (χ4v) is 3.67. The Bertz CT molecular complexity index is 905. The summed E-state index contributed by atoms with van der Waals surface area (Å²) in [7, 11) is 1.58. The number of benzene rings is 2. The molecule has 1 aliphatic heterocycles. The second-order valence-electron chi connectivity index (χ2n) is 6.52. The first-order valence-corrected chi connectivity index (χ1v) is 9.95. The van der Waals surface area contributed by atoms with Gasteiger partial charge in [-0.2, -0.15) is 0 Å². The highest BCUT2D eigenvalue weighted by Crippen LogP contribution is 2.34. The van der Waals surface area contributed by atoms with Gasteiger partial charge in [0.05, 0.1) is 12.0 Å². The van der Waals surface area contributed by atoms with Crippen LogP contribution in [-0.2, 0) is 11.4 Å². The van der Waals surface area contributed by atoms with E-state index in [4.69, 9.17) is 9.47 Å². The Morgan fingerprint density at radius 2 is 1.82 bits per heavy atom. The van der Waals surface area contributed by atoms with Crippen molar-refractivity contribution in [2.75, 3.05) is 13.7 Å². The molecule has 0 radical (unpaired) electrons. The predicted molar refractivity (Wildman–Crippen MR) is 111 cm³/mol. The number of ether oxygens (including phenoxy) is 2. The molecule has 2 amide bonds. The van der Waals surface area contributed by atoms with Crippen molar-refractivity contribution in [2.45, 2.75) is 26.9 Å². The molecule has 2 aromatic carbocycles. The van der Waals surface area contributed by atoms with Crippen molar-refractivity contribution in [2.24, 2.45) is 0 Å². The van der Waals surface area contributed by atoms with Gasteiger partial charge in [-0.1, -0.05) is 42.8 Å². The smallest absolute Gasteiger partial charge is 0.293 e. The summed E-state index contributed by atoms with van der Waals surface area (Å²) in [6, 6.07) is 13.6. The van der Waals surface area contributed by atoms with Gasteiger partial charge in [0.1, 0.15) is 6.61 Å². The van der Waals surface area contributed by atoms with Crippen LogP contribution in [0, 0.1) is 6.92 Å². The lowest BCUT2D eigenvalue weighted by Crippen LogP contribution is -2.28. The molecule has 0 N–H and O–H groups in total. The van der Waals surface area contributed by atoms with E-state index in [0.29, 0.717) is 29.6 Å². The summed E-state index contributed by atoms with van der Waals surface area (Å²) in [5.41, 5.74) is 3.05. The van der Waals surface area contributed by atoms with E-state index in [0.717, 1.165) is 29.3 Å². The summed E-state index contributed by atoms with van der Waals surface area (Å²) in [5.74, 6) is 0.962. The summed E-state index contributed by atoms with van der Waals surface area (Å²) in [5, 5.41) is -0.219. The average molecular weight is 397 g/mol. The largest absolute Gasteiger partial charge is 0.493 e. The molecule has 0 aliphatic carbocycles. The monoisotopic (exact) mass is 397 g/mol. The van der Waals surface area contributed by atoms with E-state index in [9.17, 15) is 9.59 Å². The minimum Gasteiger partial charge on any atom is -0.493 e. The van der Waals surface area contributed by atoms with Crippen LogP contribution in [0.25, 0.3) is 6.08 Å².